The molecule has 0 fully saturated rings. The molecule has 0 N–H and O–H groups in total. The van der Waals surface area contributed by atoms with Crippen molar-refractivity contribution in [1.82, 2.24) is 0 Å². The van der Waals surface area contributed by atoms with Crippen LogP contribution in [0.25, 0.3) is 0 Å². The molecule has 0 rings (SSSR count). The number of rotatable bonds is 6. The van der Waals surface area contributed by atoms with E-state index in [1.54, 1.807) is 7.11 Å². The highest BCUT2D eigenvalue weighted by atomic mass is 16.5. The first-order valence-electron chi connectivity index (χ1n) is 5.56. The van der Waals surface area contributed by atoms with E-state index in [1.807, 2.05) is 13.8 Å². The number of esters is 1. The molecule has 0 radical (unpaired) electrons. The van der Waals surface area contributed by atoms with Gasteiger partial charge in [-0.1, -0.05) is 26.0 Å². The minimum atomic E-state index is -0.407. The van der Waals surface area contributed by atoms with Crippen LogP contribution < -0.4 is 0 Å². The van der Waals surface area contributed by atoms with E-state index in [0.29, 0.717) is 12.3 Å². The summed E-state index contributed by atoms with van der Waals surface area (Å²) in [5.74, 6) is 0.0750. The molecule has 0 aromatic rings. The number of hydrogen-bond donors (Lipinski definition) is 0. The van der Waals surface area contributed by atoms with E-state index in [0.717, 1.165) is 5.57 Å². The summed E-state index contributed by atoms with van der Waals surface area (Å²) in [6.07, 6.45) is 0.314. The molecule has 0 heterocycles. The zero-order valence-corrected chi connectivity index (χ0v) is 11.3. The van der Waals surface area contributed by atoms with Gasteiger partial charge in [0.2, 0.25) is 0 Å². The number of hydrogen-bond acceptors (Lipinski definition) is 3. The van der Waals surface area contributed by atoms with Gasteiger partial charge in [0.1, 0.15) is 0 Å². The molecule has 0 aliphatic heterocycles. The van der Waals surface area contributed by atoms with Crippen LogP contribution >= 0.6 is 0 Å². The van der Waals surface area contributed by atoms with Crippen molar-refractivity contribution in [2.75, 3.05) is 14.2 Å². The smallest absolute Gasteiger partial charge is 0.306 e. The summed E-state index contributed by atoms with van der Waals surface area (Å²) >= 11 is 0. The molecule has 94 valence electrons. The van der Waals surface area contributed by atoms with E-state index in [4.69, 9.17) is 9.47 Å². The highest BCUT2D eigenvalue weighted by Crippen LogP contribution is 2.33. The molecule has 0 unspecified atom stereocenters. The Morgan fingerprint density at radius 2 is 1.81 bits per heavy atom. The van der Waals surface area contributed by atoms with Crippen LogP contribution in [0.4, 0.5) is 0 Å². The normalized spacial score (nSPS) is 13.7. The zero-order chi connectivity index (χ0) is 12.9. The summed E-state index contributed by atoms with van der Waals surface area (Å²) in [5, 5.41) is 0. The molecule has 0 bridgehead atoms. The SMILES string of the molecule is C=C(C(C)C)[C@@H](CC(=O)OC)C(C)(C)OC. The average molecular weight is 228 g/mol. The van der Waals surface area contributed by atoms with Gasteiger partial charge in [-0.2, -0.15) is 0 Å². The Morgan fingerprint density at radius 1 is 1.31 bits per heavy atom. The largest absolute Gasteiger partial charge is 0.469 e. The Labute approximate surface area is 98.8 Å². The molecule has 3 heteroatoms. The molecule has 3 nitrogen and oxygen atoms in total. The highest BCUT2D eigenvalue weighted by molar-refractivity contribution is 5.70. The van der Waals surface area contributed by atoms with Crippen molar-refractivity contribution in [1.29, 1.82) is 0 Å². The van der Waals surface area contributed by atoms with Crippen molar-refractivity contribution in [3.05, 3.63) is 12.2 Å². The Hall–Kier alpha value is -0.830. The Kier molecular flexibility index (Phi) is 5.73. The molecule has 0 saturated heterocycles. The fourth-order valence-electron chi connectivity index (χ4n) is 1.62. The molecular weight excluding hydrogens is 204 g/mol. The van der Waals surface area contributed by atoms with Gasteiger partial charge in [-0.3, -0.25) is 4.79 Å². The second kappa shape index (κ2) is 6.04. The van der Waals surface area contributed by atoms with Crippen molar-refractivity contribution in [2.24, 2.45) is 11.8 Å². The molecule has 16 heavy (non-hydrogen) atoms. The molecule has 0 aromatic heterocycles. The Bertz CT molecular complexity index is 254. The predicted octanol–water partition coefficient (Wildman–Crippen LogP) is 2.80. The van der Waals surface area contributed by atoms with E-state index in [1.165, 1.54) is 7.11 Å². The van der Waals surface area contributed by atoms with E-state index < -0.39 is 5.60 Å². The van der Waals surface area contributed by atoms with E-state index >= 15 is 0 Å². The maximum absolute atomic E-state index is 11.4. The van der Waals surface area contributed by atoms with Gasteiger partial charge in [0.25, 0.3) is 0 Å². The van der Waals surface area contributed by atoms with E-state index in [-0.39, 0.29) is 11.9 Å². The van der Waals surface area contributed by atoms with Crippen molar-refractivity contribution in [2.45, 2.75) is 39.7 Å². The lowest BCUT2D eigenvalue weighted by molar-refractivity contribution is -0.144. The van der Waals surface area contributed by atoms with Crippen LogP contribution in [0.2, 0.25) is 0 Å². The maximum atomic E-state index is 11.4. The molecule has 1 atom stereocenters. The van der Waals surface area contributed by atoms with Crippen molar-refractivity contribution in [3.8, 4) is 0 Å². The van der Waals surface area contributed by atoms with Gasteiger partial charge in [-0.05, 0) is 19.8 Å². The van der Waals surface area contributed by atoms with Gasteiger partial charge in [-0.15, -0.1) is 0 Å². The topological polar surface area (TPSA) is 35.5 Å². The second-order valence-corrected chi connectivity index (χ2v) is 4.87. The number of methoxy groups -OCH3 is 2. The van der Waals surface area contributed by atoms with E-state index in [9.17, 15) is 4.79 Å². The van der Waals surface area contributed by atoms with Gasteiger partial charge < -0.3 is 9.47 Å². The fraction of sp³-hybridized carbons (Fsp3) is 0.769. The fourth-order valence-corrected chi connectivity index (χ4v) is 1.62. The first kappa shape index (κ1) is 15.2. The summed E-state index contributed by atoms with van der Waals surface area (Å²) in [5.41, 5.74) is 0.618. The number of ether oxygens (including phenoxy) is 2. The Morgan fingerprint density at radius 3 is 2.12 bits per heavy atom. The molecular formula is C13H24O3. The van der Waals surface area contributed by atoms with Crippen molar-refractivity contribution >= 4 is 5.97 Å². The van der Waals surface area contributed by atoms with Gasteiger partial charge in [0.15, 0.2) is 0 Å². The first-order chi connectivity index (χ1) is 7.26. The lowest BCUT2D eigenvalue weighted by atomic mass is 9.78. The molecule has 0 spiro atoms. The standard InChI is InChI=1S/C13H24O3/c1-9(2)10(3)11(8-12(14)15-6)13(4,5)16-7/h9,11H,3,8H2,1-2,4-7H3/t11-/m1/s1. The van der Waals surface area contributed by atoms with E-state index in [2.05, 4.69) is 20.4 Å². The third-order valence-corrected chi connectivity index (χ3v) is 3.15. The van der Waals surface area contributed by atoms with Crippen LogP contribution in [0.5, 0.6) is 0 Å². The van der Waals surface area contributed by atoms with Crippen LogP contribution in [-0.4, -0.2) is 25.8 Å². The zero-order valence-electron chi connectivity index (χ0n) is 11.3. The quantitative estimate of drug-likeness (QED) is 0.518. The number of carbonyl (C=O) groups is 1. The van der Waals surface area contributed by atoms with Gasteiger partial charge in [0, 0.05) is 13.0 Å². The lowest BCUT2D eigenvalue weighted by Crippen LogP contribution is -2.37. The molecule has 0 aliphatic carbocycles. The number of carbonyl (C=O) groups excluding carboxylic acids is 1. The average Bonchev–Trinajstić information content (AvgIpc) is 2.24. The van der Waals surface area contributed by atoms with Crippen LogP contribution in [0, 0.1) is 11.8 Å². The van der Waals surface area contributed by atoms with Crippen LogP contribution in [0.3, 0.4) is 0 Å². The molecule has 0 aliphatic rings. The summed E-state index contributed by atoms with van der Waals surface area (Å²) in [7, 11) is 3.05. The molecule has 0 amide bonds. The van der Waals surface area contributed by atoms with Crippen LogP contribution in [0.15, 0.2) is 12.2 Å². The van der Waals surface area contributed by atoms with Crippen molar-refractivity contribution < 1.29 is 14.3 Å². The summed E-state index contributed by atoms with van der Waals surface area (Å²) in [6.45, 7) is 12.1. The van der Waals surface area contributed by atoms with Crippen molar-refractivity contribution in [3.63, 3.8) is 0 Å². The lowest BCUT2D eigenvalue weighted by Gasteiger charge is -2.35. The Balaban J connectivity index is 4.91. The van der Waals surface area contributed by atoms with Gasteiger partial charge >= 0.3 is 5.97 Å². The van der Waals surface area contributed by atoms with Gasteiger partial charge in [0.05, 0.1) is 19.1 Å². The maximum Gasteiger partial charge on any atom is 0.306 e. The minimum Gasteiger partial charge on any atom is -0.469 e. The van der Waals surface area contributed by atoms with Gasteiger partial charge in [-0.25, -0.2) is 0 Å². The molecule has 0 saturated carbocycles. The monoisotopic (exact) mass is 228 g/mol. The van der Waals surface area contributed by atoms with Crippen LogP contribution in [-0.2, 0) is 14.3 Å². The third kappa shape index (κ3) is 3.97. The highest BCUT2D eigenvalue weighted by Gasteiger charge is 2.34. The summed E-state index contributed by atoms with van der Waals surface area (Å²) in [4.78, 5) is 11.4. The minimum absolute atomic E-state index is 0.0232. The third-order valence-electron chi connectivity index (χ3n) is 3.15. The summed E-state index contributed by atoms with van der Waals surface area (Å²) in [6, 6.07) is 0. The van der Waals surface area contributed by atoms with Crippen LogP contribution in [0.1, 0.15) is 34.1 Å². The predicted molar refractivity (Wildman–Crippen MR) is 65.2 cm³/mol. The second-order valence-electron chi connectivity index (χ2n) is 4.87. The molecule has 0 aromatic carbocycles. The summed E-state index contributed by atoms with van der Waals surface area (Å²) < 4.78 is 10.2. The first-order valence-corrected chi connectivity index (χ1v) is 5.56.